The standard InChI is InChI=1S/C22H20Cl2F4N2O/c23-16-8-7-15(22(26,27)28)18(24)17(16)20(31)30-19(13-3-5-14(25)6-4-13)21-9-1-2-12(10-21)11-29-21/h3-8,12,19,29H,1-2,9-11H2,(H,30,31). The van der Waals surface area contributed by atoms with Crippen LogP contribution in [0.5, 0.6) is 0 Å². The molecule has 1 saturated heterocycles. The largest absolute Gasteiger partial charge is 0.417 e. The molecule has 2 aromatic carbocycles. The fourth-order valence-electron chi connectivity index (χ4n) is 4.85. The van der Waals surface area contributed by atoms with Crippen molar-refractivity contribution in [1.29, 1.82) is 0 Å². The minimum atomic E-state index is -4.73. The number of fused-ring (bicyclic) bond motifs is 2. The molecule has 4 rings (SSSR count). The monoisotopic (exact) mass is 474 g/mol. The molecular weight excluding hydrogens is 455 g/mol. The van der Waals surface area contributed by atoms with Gasteiger partial charge in [0.2, 0.25) is 0 Å². The van der Waals surface area contributed by atoms with Crippen LogP contribution in [-0.4, -0.2) is 18.0 Å². The van der Waals surface area contributed by atoms with Gasteiger partial charge in [-0.15, -0.1) is 0 Å². The molecule has 2 N–H and O–H groups in total. The van der Waals surface area contributed by atoms with E-state index >= 15 is 0 Å². The molecule has 0 radical (unpaired) electrons. The predicted molar refractivity (Wildman–Crippen MR) is 111 cm³/mol. The molecule has 2 aromatic rings. The van der Waals surface area contributed by atoms with E-state index in [1.165, 1.54) is 12.1 Å². The number of carbonyl (C=O) groups excluding carboxylic acids is 1. The lowest BCUT2D eigenvalue weighted by Gasteiger charge is -2.41. The normalized spacial score (nSPS) is 24.1. The molecule has 0 aromatic heterocycles. The van der Waals surface area contributed by atoms with E-state index in [9.17, 15) is 22.4 Å². The fraction of sp³-hybridized carbons (Fsp3) is 0.409. The molecular formula is C22H20Cl2F4N2O. The molecule has 0 spiro atoms. The second-order valence-electron chi connectivity index (χ2n) is 8.24. The summed E-state index contributed by atoms with van der Waals surface area (Å²) in [5.74, 6) is -0.772. The van der Waals surface area contributed by atoms with Crippen molar-refractivity contribution in [3.63, 3.8) is 0 Å². The summed E-state index contributed by atoms with van der Waals surface area (Å²) in [6, 6.07) is 6.92. The van der Waals surface area contributed by atoms with E-state index < -0.39 is 45.6 Å². The Morgan fingerprint density at radius 3 is 2.55 bits per heavy atom. The minimum Gasteiger partial charge on any atom is -0.343 e. The summed E-state index contributed by atoms with van der Waals surface area (Å²) in [4.78, 5) is 13.2. The molecule has 3 nitrogen and oxygen atoms in total. The van der Waals surface area contributed by atoms with Crippen LogP contribution in [0.1, 0.15) is 53.2 Å². The van der Waals surface area contributed by atoms with Gasteiger partial charge in [-0.3, -0.25) is 4.79 Å². The van der Waals surface area contributed by atoms with E-state index in [0.29, 0.717) is 11.5 Å². The number of hydrogen-bond donors (Lipinski definition) is 2. The first-order valence-corrected chi connectivity index (χ1v) is 10.7. The maximum absolute atomic E-state index is 13.5. The van der Waals surface area contributed by atoms with Gasteiger partial charge >= 0.3 is 6.18 Å². The molecule has 1 aliphatic heterocycles. The molecule has 1 saturated carbocycles. The van der Waals surface area contributed by atoms with Crippen molar-refractivity contribution in [3.8, 4) is 0 Å². The first kappa shape index (κ1) is 22.4. The molecule has 1 amide bonds. The lowest BCUT2D eigenvalue weighted by atomic mass is 9.73. The zero-order valence-electron chi connectivity index (χ0n) is 16.3. The van der Waals surface area contributed by atoms with Crippen molar-refractivity contribution in [1.82, 2.24) is 10.6 Å². The Balaban J connectivity index is 1.73. The fourth-order valence-corrected chi connectivity index (χ4v) is 5.50. The highest BCUT2D eigenvalue weighted by molar-refractivity contribution is 6.40. The zero-order valence-corrected chi connectivity index (χ0v) is 17.8. The van der Waals surface area contributed by atoms with E-state index in [0.717, 1.165) is 44.4 Å². The summed E-state index contributed by atoms with van der Waals surface area (Å²) in [6.07, 6.45) is -1.12. The van der Waals surface area contributed by atoms with Crippen LogP contribution in [0.2, 0.25) is 10.0 Å². The van der Waals surface area contributed by atoms with Crippen LogP contribution in [0.25, 0.3) is 0 Å². The molecule has 9 heteroatoms. The minimum absolute atomic E-state index is 0.174. The van der Waals surface area contributed by atoms with Crippen LogP contribution in [0.15, 0.2) is 36.4 Å². The molecule has 2 fully saturated rings. The van der Waals surface area contributed by atoms with Gasteiger partial charge in [0.25, 0.3) is 5.91 Å². The topological polar surface area (TPSA) is 41.1 Å². The summed E-state index contributed by atoms with van der Waals surface area (Å²) >= 11 is 12.1. The third-order valence-electron chi connectivity index (χ3n) is 6.29. The smallest absolute Gasteiger partial charge is 0.343 e. The zero-order chi connectivity index (χ0) is 22.4. The van der Waals surface area contributed by atoms with Crippen molar-refractivity contribution in [3.05, 3.63) is 69.0 Å². The number of hydrogen-bond acceptors (Lipinski definition) is 2. The summed E-state index contributed by atoms with van der Waals surface area (Å²) < 4.78 is 53.4. The molecule has 166 valence electrons. The average Bonchev–Trinajstić information content (AvgIpc) is 3.00. The van der Waals surface area contributed by atoms with Gasteiger partial charge in [0.05, 0.1) is 27.2 Å². The molecule has 2 aliphatic rings. The van der Waals surface area contributed by atoms with Crippen LogP contribution in [0.4, 0.5) is 17.6 Å². The van der Waals surface area contributed by atoms with Gasteiger partial charge < -0.3 is 10.6 Å². The van der Waals surface area contributed by atoms with Gasteiger partial charge in [-0.05, 0) is 61.6 Å². The molecule has 1 aliphatic carbocycles. The van der Waals surface area contributed by atoms with Crippen LogP contribution in [0, 0.1) is 11.7 Å². The number of carbonyl (C=O) groups is 1. The SMILES string of the molecule is O=C(NC(c1ccc(F)cc1)C12CCCC(CN1)C2)c1c(Cl)ccc(C(F)(F)F)c1Cl. The third-order valence-corrected chi connectivity index (χ3v) is 6.99. The van der Waals surface area contributed by atoms with E-state index in [1.807, 2.05) is 0 Å². The van der Waals surface area contributed by atoms with Crippen molar-refractivity contribution in [2.75, 3.05) is 6.54 Å². The Bertz CT molecular complexity index is 992. The van der Waals surface area contributed by atoms with Crippen molar-refractivity contribution < 1.29 is 22.4 Å². The highest BCUT2D eigenvalue weighted by Gasteiger charge is 2.48. The molecule has 3 atom stereocenters. The van der Waals surface area contributed by atoms with Gasteiger partial charge in [0, 0.05) is 5.54 Å². The Labute approximate surface area is 187 Å². The van der Waals surface area contributed by atoms with Crippen LogP contribution in [-0.2, 0) is 6.18 Å². The van der Waals surface area contributed by atoms with E-state index in [2.05, 4.69) is 10.6 Å². The van der Waals surface area contributed by atoms with Crippen molar-refractivity contribution in [2.45, 2.75) is 43.4 Å². The predicted octanol–water partition coefficient (Wildman–Crippen LogP) is 6.15. The number of halogens is 6. The van der Waals surface area contributed by atoms with Crippen molar-refractivity contribution >= 4 is 29.1 Å². The number of nitrogens with one attached hydrogen (secondary N) is 2. The second kappa shape index (κ2) is 8.26. The number of amides is 1. The van der Waals surface area contributed by atoms with E-state index in [4.69, 9.17) is 23.2 Å². The Morgan fingerprint density at radius 2 is 1.87 bits per heavy atom. The molecule has 3 unspecified atom stereocenters. The quantitative estimate of drug-likeness (QED) is 0.521. The maximum Gasteiger partial charge on any atom is 0.417 e. The Morgan fingerprint density at radius 1 is 1.16 bits per heavy atom. The summed E-state index contributed by atoms with van der Waals surface area (Å²) in [5, 5.41) is 5.45. The molecule has 31 heavy (non-hydrogen) atoms. The van der Waals surface area contributed by atoms with Gasteiger partial charge in [-0.1, -0.05) is 41.8 Å². The van der Waals surface area contributed by atoms with Crippen LogP contribution in [0.3, 0.4) is 0 Å². The number of benzene rings is 2. The maximum atomic E-state index is 13.5. The molecule has 2 bridgehead atoms. The average molecular weight is 475 g/mol. The Hall–Kier alpha value is -1.83. The van der Waals surface area contributed by atoms with E-state index in [-0.39, 0.29) is 5.02 Å². The lowest BCUT2D eigenvalue weighted by molar-refractivity contribution is -0.137. The van der Waals surface area contributed by atoms with Crippen LogP contribution >= 0.6 is 23.2 Å². The molecule has 1 heterocycles. The summed E-state index contributed by atoms with van der Waals surface area (Å²) in [5.41, 5.74) is -1.37. The number of rotatable bonds is 4. The van der Waals surface area contributed by atoms with Gasteiger partial charge in [-0.25, -0.2) is 4.39 Å². The third kappa shape index (κ3) is 4.28. The van der Waals surface area contributed by atoms with Gasteiger partial charge in [-0.2, -0.15) is 13.2 Å². The van der Waals surface area contributed by atoms with E-state index in [1.54, 1.807) is 12.1 Å². The van der Waals surface area contributed by atoms with Crippen molar-refractivity contribution in [2.24, 2.45) is 5.92 Å². The van der Waals surface area contributed by atoms with Gasteiger partial charge in [0.1, 0.15) is 5.82 Å². The summed E-state index contributed by atoms with van der Waals surface area (Å²) in [6.45, 7) is 0.790. The first-order valence-electron chi connectivity index (χ1n) is 9.97. The highest BCUT2D eigenvalue weighted by atomic mass is 35.5. The van der Waals surface area contributed by atoms with Gasteiger partial charge in [0.15, 0.2) is 0 Å². The number of alkyl halides is 3. The van der Waals surface area contributed by atoms with Crippen LogP contribution < -0.4 is 10.6 Å². The highest BCUT2D eigenvalue weighted by Crippen LogP contribution is 2.45. The summed E-state index contributed by atoms with van der Waals surface area (Å²) in [7, 11) is 0. The second-order valence-corrected chi connectivity index (χ2v) is 9.02. The Kier molecular flexibility index (Phi) is 5.96. The first-order chi connectivity index (χ1) is 14.6. The lowest BCUT2D eigenvalue weighted by Crippen LogP contribution is -2.52.